The summed E-state index contributed by atoms with van der Waals surface area (Å²) in [6.45, 7) is 6.94. The Morgan fingerprint density at radius 1 is 0.322 bits per heavy atom. The molecule has 0 aromatic heterocycles. The number of benzene rings is 7. The highest BCUT2D eigenvalue weighted by atomic mass is 16.6. The second-order valence-corrected chi connectivity index (χ2v) is 32.0. The van der Waals surface area contributed by atoms with Crippen molar-refractivity contribution in [2.75, 3.05) is 41.0 Å². The largest absolute Gasteiger partial charge is 0.462 e. The number of ether oxygens (including phenoxy) is 6. The van der Waals surface area contributed by atoms with Crippen LogP contribution in [0.3, 0.4) is 0 Å². The Labute approximate surface area is 681 Å². The van der Waals surface area contributed by atoms with Gasteiger partial charge in [0.25, 0.3) is 0 Å². The zero-order chi connectivity index (χ0) is 81.7. The highest BCUT2D eigenvalue weighted by Gasteiger charge is 2.33. The molecule has 614 valence electrons. The molecule has 0 heterocycles. The number of aryl methyl sites for hydroxylation is 1. The molecule has 115 heavy (non-hydrogen) atoms. The Morgan fingerprint density at radius 3 is 1.09 bits per heavy atom. The zero-order valence-corrected chi connectivity index (χ0v) is 68.0. The van der Waals surface area contributed by atoms with E-state index in [0.717, 1.165) is 133 Å². The Kier molecular flexibility index (Phi) is 36.3. The molecule has 18 nitrogen and oxygen atoms in total. The van der Waals surface area contributed by atoms with Gasteiger partial charge in [0.05, 0.1) is 6.61 Å². The van der Waals surface area contributed by atoms with Crippen molar-refractivity contribution < 1.29 is 57.2 Å². The molecule has 11 rings (SSSR count). The number of nitrogen functional groups attached to an aromatic ring is 6. The smallest absolute Gasteiger partial charge is 0.336 e. The normalized spacial score (nSPS) is 19.4. The summed E-state index contributed by atoms with van der Waals surface area (Å²) in [6, 6.07) is 47.3. The zero-order valence-electron chi connectivity index (χ0n) is 68.0. The SMILES string of the molecule is CCCCCC1CCC(C2CCC(c3ccc(OC(=O)/C=C\C(=O)OCc4cc(N)cc(N)c4)cc3)CC2)CC1.CCCCCCCC1CCC(C2CCC(OC(=O)/C=C\C(=O)OCc3cc(N)cc(N)c3)CC2)CC1.CCCc1ccc(-c2ccc(-c3ccc(OC(=O)/C=C\C(=O)OCCc4cc(N)cc(N)c4)cc3)cc2)cc1. The van der Waals surface area contributed by atoms with E-state index in [4.69, 9.17) is 62.8 Å². The topological polar surface area (TPSA) is 314 Å². The van der Waals surface area contributed by atoms with Crippen LogP contribution >= 0.6 is 0 Å². The van der Waals surface area contributed by atoms with Crippen LogP contribution in [0.15, 0.2) is 188 Å². The fourth-order valence-electron chi connectivity index (χ4n) is 16.9. The molecule has 7 aromatic rings. The van der Waals surface area contributed by atoms with Crippen molar-refractivity contribution in [3.8, 4) is 33.8 Å². The van der Waals surface area contributed by atoms with Crippen LogP contribution < -0.4 is 43.9 Å². The van der Waals surface area contributed by atoms with Gasteiger partial charge in [-0.25, -0.2) is 28.8 Å². The van der Waals surface area contributed by atoms with Crippen LogP contribution in [0.4, 0.5) is 34.1 Å². The molecule has 18 heteroatoms. The number of esters is 6. The van der Waals surface area contributed by atoms with E-state index in [-0.39, 0.29) is 25.9 Å². The number of hydrogen-bond acceptors (Lipinski definition) is 18. The first kappa shape index (κ1) is 88.3. The quantitative estimate of drug-likeness (QED) is 0.00556. The van der Waals surface area contributed by atoms with Crippen LogP contribution in [0.5, 0.6) is 11.5 Å². The molecule has 0 radical (unpaired) electrons. The minimum Gasteiger partial charge on any atom is -0.462 e. The highest BCUT2D eigenvalue weighted by molar-refractivity contribution is 5.94. The third-order valence-corrected chi connectivity index (χ3v) is 23.1. The Morgan fingerprint density at radius 2 is 0.661 bits per heavy atom. The van der Waals surface area contributed by atoms with Gasteiger partial charge in [0.2, 0.25) is 0 Å². The van der Waals surface area contributed by atoms with Gasteiger partial charge >= 0.3 is 35.8 Å². The van der Waals surface area contributed by atoms with Crippen molar-refractivity contribution in [2.45, 2.75) is 232 Å². The summed E-state index contributed by atoms with van der Waals surface area (Å²) in [5.74, 6) is 3.14. The minimum atomic E-state index is -0.669. The van der Waals surface area contributed by atoms with E-state index in [0.29, 0.717) is 69.1 Å². The lowest BCUT2D eigenvalue weighted by Gasteiger charge is -2.38. The van der Waals surface area contributed by atoms with Crippen LogP contribution in [0.2, 0.25) is 0 Å². The first-order valence-corrected chi connectivity index (χ1v) is 42.2. The van der Waals surface area contributed by atoms with Gasteiger partial charge in [-0.2, -0.15) is 0 Å². The van der Waals surface area contributed by atoms with E-state index >= 15 is 0 Å². The summed E-state index contributed by atoms with van der Waals surface area (Å²) < 4.78 is 31.7. The lowest BCUT2D eigenvalue weighted by atomic mass is 9.68. The average molecular weight is 1570 g/mol. The number of hydrogen-bond donors (Lipinski definition) is 6. The van der Waals surface area contributed by atoms with E-state index in [1.54, 1.807) is 66.7 Å². The van der Waals surface area contributed by atoms with Gasteiger partial charge in [-0.3, -0.25) is 0 Å². The number of rotatable bonds is 33. The molecule has 7 aromatic carbocycles. The molecule has 0 amide bonds. The lowest BCUT2D eigenvalue weighted by molar-refractivity contribution is -0.146. The standard InChI is InChI=1S/C34H46N2O4.C33H32N2O4.C30H46N2O4/c1-2-3-4-5-24-6-8-26(9-7-24)27-10-12-28(13-11-27)29-14-16-32(17-15-29)40-34(38)19-18-33(37)39-23-25-20-30(35)22-31(36)21-25;1-2-3-23-4-6-25(7-5-23)26-8-10-27(11-9-26)28-12-14-31(15-13-28)39-33(37)17-16-32(36)38-19-18-24-20-29(34)22-30(35)21-24;1-2-3-4-5-6-7-22-8-10-24(11-9-22)25-12-14-28(15-13-25)36-30(34)17-16-29(33)35-21-23-18-26(31)20-27(32)19-23/h14-22,24,26-28H,2-13,23,35-36H2,1H3;4-17,20-22H,2-3,18-19,34-35H2,1H3;16-20,22,24-25,28H,2-15,21,31-32H2,1H3/b19-18-;2*17-16-. The molecular formula is C97H124N6O12. The number of unbranched alkanes of at least 4 members (excludes halogenated alkanes) is 6. The summed E-state index contributed by atoms with van der Waals surface area (Å²) in [7, 11) is 0. The summed E-state index contributed by atoms with van der Waals surface area (Å²) >= 11 is 0. The first-order valence-electron chi connectivity index (χ1n) is 42.2. The molecule has 12 N–H and O–H groups in total. The highest BCUT2D eigenvalue weighted by Crippen LogP contribution is 2.46. The number of carbonyl (C=O) groups is 6. The molecule has 4 saturated carbocycles. The van der Waals surface area contributed by atoms with Crippen LogP contribution in [-0.4, -0.2) is 48.5 Å². The van der Waals surface area contributed by atoms with Crippen LogP contribution in [0, 0.1) is 35.5 Å². The van der Waals surface area contributed by atoms with Crippen molar-refractivity contribution in [1.82, 2.24) is 0 Å². The minimum absolute atomic E-state index is 0.0110. The fraction of sp³-hybridized carbons (Fsp3) is 0.443. The van der Waals surface area contributed by atoms with Crippen LogP contribution in [0.1, 0.15) is 228 Å². The Bertz CT molecular complexity index is 4220. The van der Waals surface area contributed by atoms with E-state index in [9.17, 15) is 28.8 Å². The second kappa shape index (κ2) is 47.3. The molecule has 4 aliphatic carbocycles. The van der Waals surface area contributed by atoms with E-state index in [1.165, 1.54) is 158 Å². The summed E-state index contributed by atoms with van der Waals surface area (Å²) in [6.07, 6.45) is 43.7. The van der Waals surface area contributed by atoms with Gasteiger partial charge in [-0.05, 0) is 254 Å². The first-order chi connectivity index (χ1) is 55.7. The molecule has 0 unspecified atom stereocenters. The van der Waals surface area contributed by atoms with Gasteiger partial charge in [-0.15, -0.1) is 0 Å². The molecule has 0 bridgehead atoms. The molecule has 0 spiro atoms. The van der Waals surface area contributed by atoms with E-state index in [1.807, 2.05) is 24.3 Å². The van der Waals surface area contributed by atoms with Gasteiger partial charge in [-0.1, -0.05) is 190 Å². The van der Waals surface area contributed by atoms with Gasteiger partial charge < -0.3 is 62.8 Å². The molecule has 0 atom stereocenters. The number of anilines is 6. The van der Waals surface area contributed by atoms with Gasteiger partial charge in [0.15, 0.2) is 0 Å². The van der Waals surface area contributed by atoms with Crippen molar-refractivity contribution in [2.24, 2.45) is 35.5 Å². The average Bonchev–Trinajstić information content (AvgIpc) is 0.842. The van der Waals surface area contributed by atoms with Crippen LogP contribution in [0.25, 0.3) is 22.3 Å². The third-order valence-electron chi connectivity index (χ3n) is 23.1. The Balaban J connectivity index is 0.000000198. The molecule has 4 aliphatic rings. The maximum atomic E-state index is 12.2. The number of nitrogens with two attached hydrogens (primary N) is 6. The maximum Gasteiger partial charge on any atom is 0.336 e. The van der Waals surface area contributed by atoms with Gasteiger partial charge in [0, 0.05) is 77.0 Å². The number of carbonyl (C=O) groups excluding carboxylic acids is 6. The second-order valence-electron chi connectivity index (χ2n) is 32.0. The predicted octanol–water partition coefficient (Wildman–Crippen LogP) is 20.8. The molecular weight excluding hydrogens is 1440 g/mol. The fourth-order valence-corrected chi connectivity index (χ4v) is 16.9. The third kappa shape index (κ3) is 31.6. The van der Waals surface area contributed by atoms with E-state index < -0.39 is 35.8 Å². The molecule has 0 aliphatic heterocycles. The predicted molar refractivity (Wildman–Crippen MR) is 461 cm³/mol. The molecule has 0 saturated heterocycles. The van der Waals surface area contributed by atoms with Crippen molar-refractivity contribution in [3.63, 3.8) is 0 Å². The summed E-state index contributed by atoms with van der Waals surface area (Å²) in [5, 5.41) is 0. The monoisotopic (exact) mass is 1560 g/mol. The lowest BCUT2D eigenvalue weighted by Crippen LogP contribution is -2.29. The maximum absolute atomic E-state index is 12.2. The van der Waals surface area contributed by atoms with Crippen molar-refractivity contribution in [3.05, 3.63) is 216 Å². The summed E-state index contributed by atoms with van der Waals surface area (Å²) in [4.78, 5) is 72.3. The van der Waals surface area contributed by atoms with E-state index in [2.05, 4.69) is 81.4 Å². The van der Waals surface area contributed by atoms with Crippen LogP contribution in [-0.2, 0) is 73.8 Å². The Hall–Kier alpha value is -10.6. The van der Waals surface area contributed by atoms with Gasteiger partial charge in [0.1, 0.15) is 30.8 Å². The van der Waals surface area contributed by atoms with Crippen molar-refractivity contribution >= 4 is 69.9 Å². The molecule has 4 fully saturated rings. The van der Waals surface area contributed by atoms with Crippen molar-refractivity contribution in [1.29, 1.82) is 0 Å². The summed E-state index contributed by atoms with van der Waals surface area (Å²) in [5.41, 5.74) is 46.9.